The lowest BCUT2D eigenvalue weighted by Crippen LogP contribution is -2.24. The van der Waals surface area contributed by atoms with Crippen molar-refractivity contribution in [3.63, 3.8) is 0 Å². The number of rotatable bonds is 9. The van der Waals surface area contributed by atoms with Crippen molar-refractivity contribution < 1.29 is 28.6 Å². The summed E-state index contributed by atoms with van der Waals surface area (Å²) in [4.78, 5) is 37.3. The van der Waals surface area contributed by atoms with Crippen LogP contribution in [0, 0.1) is 0 Å². The van der Waals surface area contributed by atoms with Crippen molar-refractivity contribution in [3.05, 3.63) is 59.8 Å². The molecule has 0 spiro atoms. The van der Waals surface area contributed by atoms with Gasteiger partial charge in [0.15, 0.2) is 0 Å². The van der Waals surface area contributed by atoms with Gasteiger partial charge in [-0.05, 0) is 48.9 Å². The fourth-order valence-corrected chi connectivity index (χ4v) is 3.93. The van der Waals surface area contributed by atoms with E-state index in [2.05, 4.69) is 15.7 Å². The minimum Gasteiger partial charge on any atom is -0.497 e. The van der Waals surface area contributed by atoms with E-state index in [-0.39, 0.29) is 31.4 Å². The van der Waals surface area contributed by atoms with Gasteiger partial charge in [0, 0.05) is 12.8 Å². The zero-order valence-corrected chi connectivity index (χ0v) is 19.7. The fraction of sp³-hybridized carbons (Fsp3) is 0.280. The van der Waals surface area contributed by atoms with Crippen molar-refractivity contribution >= 4 is 29.3 Å². The monoisotopic (exact) mass is 478 g/mol. The molecule has 1 aromatic heterocycles. The van der Waals surface area contributed by atoms with Gasteiger partial charge >= 0.3 is 5.97 Å². The first-order valence-electron chi connectivity index (χ1n) is 11.1. The minimum atomic E-state index is -0.821. The number of nitrogens with one attached hydrogen (secondary N) is 2. The second-order valence-electron chi connectivity index (χ2n) is 7.84. The molecule has 35 heavy (non-hydrogen) atoms. The second-order valence-corrected chi connectivity index (χ2v) is 7.84. The molecule has 2 amide bonds. The van der Waals surface area contributed by atoms with Crippen molar-refractivity contribution in [2.75, 3.05) is 31.5 Å². The number of benzene rings is 2. The number of methoxy groups -OCH3 is 2. The molecule has 2 heterocycles. The lowest BCUT2D eigenvalue weighted by atomic mass is 10.1. The molecule has 0 radical (unpaired) electrons. The van der Waals surface area contributed by atoms with E-state index in [9.17, 15) is 14.4 Å². The summed E-state index contributed by atoms with van der Waals surface area (Å²) in [5, 5.41) is 10.2. The summed E-state index contributed by atoms with van der Waals surface area (Å²) in [5.74, 6) is 0.0480. The third-order valence-corrected chi connectivity index (χ3v) is 5.52. The highest BCUT2D eigenvalue weighted by molar-refractivity contribution is 6.04. The van der Waals surface area contributed by atoms with Gasteiger partial charge in [-0.15, -0.1) is 0 Å². The van der Waals surface area contributed by atoms with Gasteiger partial charge in [0.05, 0.1) is 43.6 Å². The van der Waals surface area contributed by atoms with Crippen LogP contribution in [0.25, 0.3) is 11.1 Å². The van der Waals surface area contributed by atoms with E-state index < -0.39 is 12.0 Å². The Morgan fingerprint density at radius 3 is 2.60 bits per heavy atom. The lowest BCUT2D eigenvalue weighted by molar-refractivity contribution is -0.123. The zero-order chi connectivity index (χ0) is 24.9. The predicted octanol–water partition coefficient (Wildman–Crippen LogP) is 3.40. The van der Waals surface area contributed by atoms with E-state index >= 15 is 0 Å². The molecule has 0 saturated heterocycles. The standard InChI is InChI=1S/C25H26N4O6/c1-4-35-25(32)15-8-10-17(11-9-15)26-21(30)13-20-24(31)27-23-22(19(14-33-2)28-29(20)23)16-6-5-7-18(12-16)34-3/h5-12,20H,4,13-14H2,1-3H3,(H,26,30)(H,27,31). The van der Waals surface area contributed by atoms with Crippen molar-refractivity contribution in [1.82, 2.24) is 9.78 Å². The van der Waals surface area contributed by atoms with Crippen LogP contribution < -0.4 is 15.4 Å². The van der Waals surface area contributed by atoms with Gasteiger partial charge in [0.25, 0.3) is 5.91 Å². The van der Waals surface area contributed by atoms with Crippen LogP contribution in [0.2, 0.25) is 0 Å². The van der Waals surface area contributed by atoms with Crippen LogP contribution in [-0.2, 0) is 25.7 Å². The fourth-order valence-electron chi connectivity index (χ4n) is 3.93. The third kappa shape index (κ3) is 5.02. The van der Waals surface area contributed by atoms with E-state index in [1.807, 2.05) is 24.3 Å². The van der Waals surface area contributed by atoms with E-state index in [0.29, 0.717) is 28.5 Å². The van der Waals surface area contributed by atoms with Crippen LogP contribution in [0.15, 0.2) is 48.5 Å². The van der Waals surface area contributed by atoms with Crippen LogP contribution in [0.3, 0.4) is 0 Å². The number of aromatic nitrogens is 2. The maximum absolute atomic E-state index is 12.8. The first-order chi connectivity index (χ1) is 16.9. The third-order valence-electron chi connectivity index (χ3n) is 5.52. The van der Waals surface area contributed by atoms with E-state index in [0.717, 1.165) is 11.1 Å². The van der Waals surface area contributed by atoms with E-state index in [4.69, 9.17) is 14.2 Å². The average Bonchev–Trinajstić information content (AvgIpc) is 3.34. The van der Waals surface area contributed by atoms with Crippen LogP contribution in [0.1, 0.15) is 35.4 Å². The first-order valence-corrected chi connectivity index (χ1v) is 11.1. The summed E-state index contributed by atoms with van der Waals surface area (Å²) in [6, 6.07) is 13.0. The number of amides is 2. The largest absolute Gasteiger partial charge is 0.497 e. The number of fused-ring (bicyclic) bond motifs is 1. The van der Waals surface area contributed by atoms with Crippen LogP contribution in [-0.4, -0.2) is 48.4 Å². The van der Waals surface area contributed by atoms with Crippen molar-refractivity contribution in [2.45, 2.75) is 26.0 Å². The number of ether oxygens (including phenoxy) is 3. The highest BCUT2D eigenvalue weighted by Crippen LogP contribution is 2.39. The van der Waals surface area contributed by atoms with Gasteiger partial charge < -0.3 is 24.8 Å². The van der Waals surface area contributed by atoms with Crippen molar-refractivity contribution in [1.29, 1.82) is 0 Å². The first kappa shape index (κ1) is 24.0. The summed E-state index contributed by atoms with van der Waals surface area (Å²) in [6.07, 6.45) is -0.121. The molecule has 1 unspecified atom stereocenters. The van der Waals surface area contributed by atoms with Gasteiger partial charge in [-0.2, -0.15) is 5.10 Å². The summed E-state index contributed by atoms with van der Waals surface area (Å²) >= 11 is 0. The van der Waals surface area contributed by atoms with Crippen LogP contribution in [0.5, 0.6) is 5.75 Å². The van der Waals surface area contributed by atoms with E-state index in [1.165, 1.54) is 4.68 Å². The van der Waals surface area contributed by atoms with Crippen molar-refractivity contribution in [3.8, 4) is 16.9 Å². The number of hydrogen-bond acceptors (Lipinski definition) is 7. The molecule has 1 aliphatic rings. The molecule has 4 rings (SSSR count). The summed E-state index contributed by atoms with van der Waals surface area (Å²) < 4.78 is 17.1. The molecular formula is C25H26N4O6. The van der Waals surface area contributed by atoms with Crippen molar-refractivity contribution in [2.24, 2.45) is 0 Å². The topological polar surface area (TPSA) is 121 Å². The normalized spacial score (nSPS) is 14.3. The quantitative estimate of drug-likeness (QED) is 0.452. The number of anilines is 2. The summed E-state index contributed by atoms with van der Waals surface area (Å²) in [5.41, 5.74) is 3.05. The van der Waals surface area contributed by atoms with E-state index in [1.54, 1.807) is 45.4 Å². The summed E-state index contributed by atoms with van der Waals surface area (Å²) in [6.45, 7) is 2.24. The molecule has 2 aromatic carbocycles. The molecule has 1 aliphatic heterocycles. The van der Waals surface area contributed by atoms with Crippen LogP contribution >= 0.6 is 0 Å². The second kappa shape index (κ2) is 10.4. The zero-order valence-electron chi connectivity index (χ0n) is 19.7. The van der Waals surface area contributed by atoms with Gasteiger partial charge in [-0.25, -0.2) is 9.48 Å². The Morgan fingerprint density at radius 2 is 1.91 bits per heavy atom. The number of esters is 1. The Bertz CT molecular complexity index is 1250. The molecule has 10 heteroatoms. The SMILES string of the molecule is CCOC(=O)c1ccc(NC(=O)CC2C(=O)Nc3c(-c4cccc(OC)c4)c(COC)nn32)cc1. The predicted molar refractivity (Wildman–Crippen MR) is 128 cm³/mol. The smallest absolute Gasteiger partial charge is 0.338 e. The molecule has 0 fully saturated rings. The van der Waals surface area contributed by atoms with Crippen LogP contribution in [0.4, 0.5) is 11.5 Å². The molecule has 1 atom stereocenters. The number of hydrogen-bond donors (Lipinski definition) is 2. The number of nitrogens with zero attached hydrogens (tertiary/aromatic N) is 2. The maximum Gasteiger partial charge on any atom is 0.338 e. The molecule has 0 bridgehead atoms. The molecule has 182 valence electrons. The van der Waals surface area contributed by atoms with Gasteiger partial charge in [-0.1, -0.05) is 12.1 Å². The lowest BCUT2D eigenvalue weighted by Gasteiger charge is -2.10. The van der Waals surface area contributed by atoms with Gasteiger partial charge in [0.2, 0.25) is 5.91 Å². The molecule has 0 aliphatic carbocycles. The highest BCUT2D eigenvalue weighted by atomic mass is 16.5. The summed E-state index contributed by atoms with van der Waals surface area (Å²) in [7, 11) is 3.15. The average molecular weight is 479 g/mol. The maximum atomic E-state index is 12.8. The number of carbonyl (C=O) groups is 3. The molecule has 10 nitrogen and oxygen atoms in total. The molecule has 3 aromatic rings. The Morgan fingerprint density at radius 1 is 1.14 bits per heavy atom. The molecule has 2 N–H and O–H groups in total. The Balaban J connectivity index is 1.54. The Labute approximate surface area is 202 Å². The highest BCUT2D eigenvalue weighted by Gasteiger charge is 2.37. The minimum absolute atomic E-state index is 0.121. The Kier molecular flexibility index (Phi) is 7.11. The van der Waals surface area contributed by atoms with Gasteiger partial charge in [0.1, 0.15) is 17.6 Å². The van der Waals surface area contributed by atoms with Gasteiger partial charge in [-0.3, -0.25) is 9.59 Å². The molecule has 0 saturated carbocycles. The Hall–Kier alpha value is -4.18. The molecular weight excluding hydrogens is 452 g/mol. The number of carbonyl (C=O) groups excluding carboxylic acids is 3.